The average molecular weight is 474 g/mol. The van der Waals surface area contributed by atoms with Gasteiger partial charge in [0.1, 0.15) is 5.75 Å². The minimum absolute atomic E-state index is 0.0770. The molecule has 2 heterocycles. The largest absolute Gasteiger partial charge is 0.464 e. The lowest BCUT2D eigenvalue weighted by molar-refractivity contribution is -0.0190. The van der Waals surface area contributed by atoms with E-state index in [9.17, 15) is 0 Å². The summed E-state index contributed by atoms with van der Waals surface area (Å²) in [5.41, 5.74) is 4.12. The Bertz CT molecular complexity index is 1090. The number of hydrazone groups is 1. The van der Waals surface area contributed by atoms with Gasteiger partial charge in [0.2, 0.25) is 6.23 Å². The first-order valence-electron chi connectivity index (χ1n) is 8.92. The Hall–Kier alpha value is -2.01. The Morgan fingerprint density at radius 1 is 0.964 bits per heavy atom. The fraction of sp³-hybridized carbons (Fsp3) is 0.136. The summed E-state index contributed by atoms with van der Waals surface area (Å²) in [5, 5.41) is 8.14. The van der Waals surface area contributed by atoms with Gasteiger partial charge in [0.25, 0.3) is 0 Å². The van der Waals surface area contributed by atoms with Crippen LogP contribution in [0.5, 0.6) is 5.75 Å². The van der Waals surface area contributed by atoms with E-state index in [0.29, 0.717) is 10.0 Å². The fourth-order valence-electron chi connectivity index (χ4n) is 3.77. The minimum atomic E-state index is -0.412. The smallest absolute Gasteiger partial charge is 0.215 e. The van der Waals surface area contributed by atoms with Crippen LogP contribution in [0.1, 0.15) is 35.4 Å². The second-order valence-electron chi connectivity index (χ2n) is 6.83. The van der Waals surface area contributed by atoms with E-state index >= 15 is 0 Å². The highest BCUT2D eigenvalue weighted by Crippen LogP contribution is 2.49. The summed E-state index contributed by atoms with van der Waals surface area (Å²) >= 11 is 16.2. The maximum absolute atomic E-state index is 6.51. The third-order valence-electron chi connectivity index (χ3n) is 5.09. The van der Waals surface area contributed by atoms with E-state index in [1.807, 2.05) is 47.5 Å². The van der Waals surface area contributed by atoms with Gasteiger partial charge in [0.15, 0.2) is 0 Å². The zero-order valence-electron chi connectivity index (χ0n) is 14.6. The third-order valence-corrected chi connectivity index (χ3v) is 6.14. The number of nitrogens with zero attached hydrogens (tertiary/aromatic N) is 2. The van der Waals surface area contributed by atoms with Crippen LogP contribution in [0.3, 0.4) is 0 Å². The van der Waals surface area contributed by atoms with Gasteiger partial charge in [0.05, 0.1) is 16.8 Å². The lowest BCUT2D eigenvalue weighted by Gasteiger charge is -2.38. The highest BCUT2D eigenvalue weighted by Gasteiger charge is 2.41. The van der Waals surface area contributed by atoms with Crippen LogP contribution in [-0.4, -0.2) is 10.7 Å². The summed E-state index contributed by atoms with van der Waals surface area (Å²) in [7, 11) is 0. The highest BCUT2D eigenvalue weighted by atomic mass is 79.9. The standard InChI is InChI=1S/C22H15BrCl2N2O/c23-14-6-9-21-17(10-14)20-12-19(13-4-2-1-3-5-13)26-27(20)22(28-21)16-8-7-15(24)11-18(16)25/h1-11,20,22H,12H2. The van der Waals surface area contributed by atoms with Crippen LogP contribution in [0.25, 0.3) is 0 Å². The van der Waals surface area contributed by atoms with Crippen molar-refractivity contribution in [1.29, 1.82) is 0 Å². The number of ether oxygens (including phenoxy) is 1. The molecule has 0 N–H and O–H groups in total. The first-order valence-corrected chi connectivity index (χ1v) is 10.5. The summed E-state index contributed by atoms with van der Waals surface area (Å²) in [6.45, 7) is 0. The number of fused-ring (bicyclic) bond motifs is 3. The lowest BCUT2D eigenvalue weighted by Crippen LogP contribution is -2.33. The van der Waals surface area contributed by atoms with Gasteiger partial charge in [0, 0.05) is 27.0 Å². The van der Waals surface area contributed by atoms with E-state index in [1.54, 1.807) is 6.07 Å². The maximum Gasteiger partial charge on any atom is 0.215 e. The van der Waals surface area contributed by atoms with Crippen LogP contribution >= 0.6 is 39.1 Å². The van der Waals surface area contributed by atoms with Crippen LogP contribution in [0.2, 0.25) is 10.0 Å². The van der Waals surface area contributed by atoms with Gasteiger partial charge in [-0.25, -0.2) is 5.01 Å². The van der Waals surface area contributed by atoms with Crippen molar-refractivity contribution in [2.45, 2.75) is 18.7 Å². The van der Waals surface area contributed by atoms with E-state index in [-0.39, 0.29) is 6.04 Å². The number of rotatable bonds is 2. The maximum atomic E-state index is 6.51. The molecule has 28 heavy (non-hydrogen) atoms. The molecule has 3 nitrogen and oxygen atoms in total. The molecule has 0 saturated heterocycles. The Labute approximate surface area is 181 Å². The number of hydrogen-bond donors (Lipinski definition) is 0. The van der Waals surface area contributed by atoms with Gasteiger partial charge in [-0.1, -0.05) is 75.5 Å². The Kier molecular flexibility index (Phi) is 4.58. The zero-order chi connectivity index (χ0) is 19.3. The van der Waals surface area contributed by atoms with E-state index in [1.165, 1.54) is 0 Å². The Balaban J connectivity index is 1.63. The molecule has 2 unspecified atom stereocenters. The molecular weight excluding hydrogens is 459 g/mol. The van der Waals surface area contributed by atoms with Crippen molar-refractivity contribution in [2.24, 2.45) is 5.10 Å². The molecule has 0 fully saturated rings. The lowest BCUT2D eigenvalue weighted by atomic mass is 9.96. The highest BCUT2D eigenvalue weighted by molar-refractivity contribution is 9.10. The molecule has 3 aromatic carbocycles. The molecule has 3 aromatic rings. The molecule has 2 aliphatic heterocycles. The molecule has 2 atom stereocenters. The van der Waals surface area contributed by atoms with Crippen molar-refractivity contribution in [3.8, 4) is 5.75 Å². The summed E-state index contributed by atoms with van der Waals surface area (Å²) < 4.78 is 7.38. The summed E-state index contributed by atoms with van der Waals surface area (Å²) in [6.07, 6.45) is 0.392. The normalized spacial score (nSPS) is 20.2. The van der Waals surface area contributed by atoms with Crippen molar-refractivity contribution in [1.82, 2.24) is 5.01 Å². The van der Waals surface area contributed by atoms with E-state index in [0.717, 1.165) is 39.0 Å². The molecule has 0 aliphatic carbocycles. The number of halogens is 3. The summed E-state index contributed by atoms with van der Waals surface area (Å²) in [5.74, 6) is 0.852. The topological polar surface area (TPSA) is 24.8 Å². The molecule has 0 aromatic heterocycles. The first-order chi connectivity index (χ1) is 13.6. The predicted octanol–water partition coefficient (Wildman–Crippen LogP) is 7.00. The monoisotopic (exact) mass is 472 g/mol. The predicted molar refractivity (Wildman–Crippen MR) is 116 cm³/mol. The Morgan fingerprint density at radius 2 is 1.79 bits per heavy atom. The molecule has 0 saturated carbocycles. The second-order valence-corrected chi connectivity index (χ2v) is 8.59. The number of hydrogen-bond acceptors (Lipinski definition) is 3. The summed E-state index contributed by atoms with van der Waals surface area (Å²) in [4.78, 5) is 0. The second kappa shape index (κ2) is 7.11. The molecular formula is C22H15BrCl2N2O. The van der Waals surface area contributed by atoms with Crippen molar-refractivity contribution < 1.29 is 4.74 Å². The van der Waals surface area contributed by atoms with E-state index in [2.05, 4.69) is 34.1 Å². The SMILES string of the molecule is Clc1ccc(C2Oc3ccc(Br)cc3C3CC(c4ccccc4)=NN32)c(Cl)c1. The van der Waals surface area contributed by atoms with E-state index in [4.69, 9.17) is 33.0 Å². The fourth-order valence-corrected chi connectivity index (χ4v) is 4.65. The van der Waals surface area contributed by atoms with Crippen LogP contribution in [0.4, 0.5) is 0 Å². The van der Waals surface area contributed by atoms with Gasteiger partial charge in [-0.05, 0) is 35.9 Å². The van der Waals surface area contributed by atoms with Crippen molar-refractivity contribution >= 4 is 44.8 Å². The van der Waals surface area contributed by atoms with Gasteiger partial charge in [-0.15, -0.1) is 0 Å². The van der Waals surface area contributed by atoms with Crippen molar-refractivity contribution in [3.05, 3.63) is 97.9 Å². The van der Waals surface area contributed by atoms with Crippen LogP contribution in [0, 0.1) is 0 Å². The molecule has 0 spiro atoms. The quantitative estimate of drug-likeness (QED) is 0.400. The van der Waals surface area contributed by atoms with Crippen molar-refractivity contribution in [3.63, 3.8) is 0 Å². The molecule has 5 rings (SSSR count). The van der Waals surface area contributed by atoms with E-state index < -0.39 is 6.23 Å². The number of benzene rings is 3. The molecule has 2 aliphatic rings. The first kappa shape index (κ1) is 18.0. The van der Waals surface area contributed by atoms with Crippen molar-refractivity contribution in [2.75, 3.05) is 0 Å². The molecule has 0 radical (unpaired) electrons. The molecule has 0 bridgehead atoms. The van der Waals surface area contributed by atoms with Gasteiger partial charge in [-0.2, -0.15) is 5.10 Å². The summed E-state index contributed by atoms with van der Waals surface area (Å²) in [6, 6.07) is 21.9. The minimum Gasteiger partial charge on any atom is -0.464 e. The zero-order valence-corrected chi connectivity index (χ0v) is 17.7. The van der Waals surface area contributed by atoms with Crippen LogP contribution < -0.4 is 4.74 Å². The Morgan fingerprint density at radius 3 is 2.57 bits per heavy atom. The van der Waals surface area contributed by atoms with Gasteiger partial charge >= 0.3 is 0 Å². The third kappa shape index (κ3) is 3.10. The van der Waals surface area contributed by atoms with Crippen LogP contribution in [0.15, 0.2) is 76.3 Å². The molecule has 6 heteroatoms. The van der Waals surface area contributed by atoms with Gasteiger partial charge < -0.3 is 4.74 Å². The average Bonchev–Trinajstić information content (AvgIpc) is 3.14. The van der Waals surface area contributed by atoms with Crippen LogP contribution in [-0.2, 0) is 0 Å². The molecule has 140 valence electrons. The van der Waals surface area contributed by atoms with Gasteiger partial charge in [-0.3, -0.25) is 0 Å². The molecule has 0 amide bonds.